The largest absolute Gasteiger partial charge is 0.361 e. The minimum Gasteiger partial charge on any atom is -0.361 e. The Hall–Kier alpha value is -2.31. The number of imidazole rings is 1. The molecular formula is C22H29ClFN5O3SSi. The number of nitrogens with one attached hydrogen (secondary N) is 1. The van der Waals surface area contributed by atoms with Crippen molar-refractivity contribution >= 4 is 35.5 Å². The minimum atomic E-state index is -4.07. The van der Waals surface area contributed by atoms with Crippen molar-refractivity contribution in [2.75, 3.05) is 11.9 Å². The third-order valence-electron chi connectivity index (χ3n) is 5.06. The van der Waals surface area contributed by atoms with Crippen molar-refractivity contribution in [2.24, 2.45) is 5.14 Å². The fourth-order valence-corrected chi connectivity index (χ4v) is 4.62. The maximum Gasteiger partial charge on any atom is 0.257 e. The molecule has 184 valence electrons. The molecular weight excluding hydrogens is 497 g/mol. The van der Waals surface area contributed by atoms with Crippen LogP contribution in [-0.2, 0) is 21.5 Å². The lowest BCUT2D eigenvalue weighted by Crippen LogP contribution is -2.23. The standard InChI is InChI=1S/C22H29ClFN5O3SSi/c1-15-18(24)8-9-19(26-15)27-21(16-6-5-7-17(23)12-16)22-28-20(33(25,30)31)13-29(22)14-32-10-11-34(2,3)4/h5-9,12-13,21H,10-11,14H2,1-4H3,(H,26,27)(H2,25,30,31). The summed E-state index contributed by atoms with van der Waals surface area (Å²) in [7, 11) is -5.37. The number of ether oxygens (including phenoxy) is 1. The van der Waals surface area contributed by atoms with Crippen LogP contribution < -0.4 is 10.5 Å². The van der Waals surface area contributed by atoms with E-state index in [4.69, 9.17) is 21.5 Å². The van der Waals surface area contributed by atoms with Gasteiger partial charge in [-0.15, -0.1) is 0 Å². The van der Waals surface area contributed by atoms with Crippen LogP contribution >= 0.6 is 11.6 Å². The summed E-state index contributed by atoms with van der Waals surface area (Å²) in [5.74, 6) is 0.289. The van der Waals surface area contributed by atoms with Gasteiger partial charge in [-0.2, -0.15) is 0 Å². The van der Waals surface area contributed by atoms with Crippen LogP contribution in [0.25, 0.3) is 0 Å². The van der Waals surface area contributed by atoms with E-state index in [-0.39, 0.29) is 17.5 Å². The van der Waals surface area contributed by atoms with Gasteiger partial charge in [0.15, 0.2) is 5.03 Å². The molecule has 0 aliphatic rings. The molecule has 0 aliphatic carbocycles. The van der Waals surface area contributed by atoms with Gasteiger partial charge in [0.2, 0.25) is 0 Å². The van der Waals surface area contributed by atoms with Crippen molar-refractivity contribution in [1.82, 2.24) is 14.5 Å². The lowest BCUT2D eigenvalue weighted by atomic mass is 10.1. The summed E-state index contributed by atoms with van der Waals surface area (Å²) in [6, 6.07) is 10.1. The van der Waals surface area contributed by atoms with E-state index < -0.39 is 30.0 Å². The quantitative estimate of drug-likeness (QED) is 0.297. The third-order valence-corrected chi connectivity index (χ3v) is 7.78. The summed E-state index contributed by atoms with van der Waals surface area (Å²) in [6.45, 7) is 8.91. The summed E-state index contributed by atoms with van der Waals surface area (Å²) < 4.78 is 45.4. The average Bonchev–Trinajstić information content (AvgIpc) is 3.16. The molecule has 1 aromatic carbocycles. The first-order chi connectivity index (χ1) is 15.8. The van der Waals surface area contributed by atoms with Gasteiger partial charge in [0.05, 0.1) is 5.69 Å². The molecule has 0 saturated carbocycles. The first-order valence-electron chi connectivity index (χ1n) is 10.7. The second-order valence-electron chi connectivity index (χ2n) is 9.20. The molecule has 0 radical (unpaired) electrons. The highest BCUT2D eigenvalue weighted by Crippen LogP contribution is 2.29. The maximum absolute atomic E-state index is 13.8. The van der Waals surface area contributed by atoms with Crippen molar-refractivity contribution in [3.05, 3.63) is 70.5 Å². The topological polar surface area (TPSA) is 112 Å². The molecule has 3 aromatic rings. The summed E-state index contributed by atoms with van der Waals surface area (Å²) in [5.41, 5.74) is 0.921. The van der Waals surface area contributed by atoms with E-state index in [0.29, 0.717) is 28.8 Å². The molecule has 1 atom stereocenters. The summed E-state index contributed by atoms with van der Waals surface area (Å²) in [4.78, 5) is 8.57. The van der Waals surface area contributed by atoms with Crippen LogP contribution in [0.15, 0.2) is 47.6 Å². The first kappa shape index (κ1) is 26.3. The fraction of sp³-hybridized carbons (Fsp3) is 0.364. The molecule has 3 rings (SSSR count). The minimum absolute atomic E-state index is 0.0803. The highest BCUT2D eigenvalue weighted by atomic mass is 35.5. The average molecular weight is 526 g/mol. The summed E-state index contributed by atoms with van der Waals surface area (Å²) >= 11 is 6.23. The monoisotopic (exact) mass is 525 g/mol. The Balaban J connectivity index is 2.03. The maximum atomic E-state index is 13.8. The van der Waals surface area contributed by atoms with Crippen LogP contribution in [0.1, 0.15) is 23.1 Å². The number of sulfonamides is 1. The molecule has 0 spiro atoms. The van der Waals surface area contributed by atoms with Gasteiger partial charge in [0.25, 0.3) is 10.0 Å². The molecule has 0 bridgehead atoms. The Morgan fingerprint density at radius 1 is 1.24 bits per heavy atom. The van der Waals surface area contributed by atoms with Gasteiger partial charge in [-0.3, -0.25) is 0 Å². The zero-order chi connectivity index (χ0) is 25.1. The van der Waals surface area contributed by atoms with E-state index in [1.54, 1.807) is 29.7 Å². The normalized spacial score (nSPS) is 13.1. The van der Waals surface area contributed by atoms with Gasteiger partial charge >= 0.3 is 0 Å². The number of aryl methyl sites for hydroxylation is 1. The SMILES string of the molecule is Cc1nc(NC(c2cccc(Cl)c2)c2nc(S(N)(=O)=O)cn2COCC[Si](C)(C)C)ccc1F. The lowest BCUT2D eigenvalue weighted by Gasteiger charge is -2.22. The Bertz CT molecular complexity index is 1260. The molecule has 0 amide bonds. The van der Waals surface area contributed by atoms with Gasteiger partial charge in [-0.05, 0) is 42.8 Å². The van der Waals surface area contributed by atoms with Crippen LogP contribution in [0, 0.1) is 12.7 Å². The zero-order valence-electron chi connectivity index (χ0n) is 19.5. The smallest absolute Gasteiger partial charge is 0.257 e. The van der Waals surface area contributed by atoms with Crippen LogP contribution in [0.5, 0.6) is 0 Å². The molecule has 3 N–H and O–H groups in total. The second kappa shape index (κ2) is 10.5. The number of rotatable bonds is 10. The predicted octanol–water partition coefficient (Wildman–Crippen LogP) is 4.54. The number of benzene rings is 1. The molecule has 0 aliphatic heterocycles. The van der Waals surface area contributed by atoms with E-state index in [0.717, 1.165) is 6.04 Å². The molecule has 0 saturated heterocycles. The highest BCUT2D eigenvalue weighted by molar-refractivity contribution is 7.89. The molecule has 2 aromatic heterocycles. The van der Waals surface area contributed by atoms with Gasteiger partial charge in [0.1, 0.15) is 30.2 Å². The van der Waals surface area contributed by atoms with E-state index in [1.165, 1.54) is 18.3 Å². The highest BCUT2D eigenvalue weighted by Gasteiger charge is 2.25. The van der Waals surface area contributed by atoms with Crippen molar-refractivity contribution in [3.8, 4) is 0 Å². The number of nitrogens with two attached hydrogens (primary N) is 1. The number of primary sulfonamides is 1. The van der Waals surface area contributed by atoms with E-state index in [1.807, 2.05) is 6.07 Å². The molecule has 1 unspecified atom stereocenters. The number of halogens is 2. The van der Waals surface area contributed by atoms with E-state index in [2.05, 4.69) is 34.9 Å². The van der Waals surface area contributed by atoms with Crippen LogP contribution in [0.3, 0.4) is 0 Å². The third kappa shape index (κ3) is 7.09. The fourth-order valence-electron chi connectivity index (χ4n) is 3.17. The summed E-state index contributed by atoms with van der Waals surface area (Å²) in [5, 5.41) is 8.80. The van der Waals surface area contributed by atoms with Gasteiger partial charge in [0, 0.05) is 25.9 Å². The van der Waals surface area contributed by atoms with Crippen LogP contribution in [-0.4, -0.2) is 37.6 Å². The number of hydrogen-bond acceptors (Lipinski definition) is 6. The van der Waals surface area contributed by atoms with E-state index >= 15 is 0 Å². The Morgan fingerprint density at radius 3 is 2.59 bits per heavy atom. The number of aromatic nitrogens is 3. The van der Waals surface area contributed by atoms with Gasteiger partial charge in [-0.25, -0.2) is 27.9 Å². The van der Waals surface area contributed by atoms with E-state index in [9.17, 15) is 12.8 Å². The van der Waals surface area contributed by atoms with Crippen molar-refractivity contribution < 1.29 is 17.5 Å². The number of pyridine rings is 1. The van der Waals surface area contributed by atoms with Gasteiger partial charge in [-0.1, -0.05) is 43.4 Å². The summed E-state index contributed by atoms with van der Waals surface area (Å²) in [6.07, 6.45) is 1.35. The number of nitrogens with zero attached hydrogens (tertiary/aromatic N) is 3. The van der Waals surface area contributed by atoms with Crippen molar-refractivity contribution in [2.45, 2.75) is 50.4 Å². The van der Waals surface area contributed by atoms with Crippen LogP contribution in [0.2, 0.25) is 30.7 Å². The number of hydrogen-bond donors (Lipinski definition) is 2. The first-order valence-corrected chi connectivity index (χ1v) is 16.3. The molecule has 12 heteroatoms. The Kier molecular flexibility index (Phi) is 8.14. The lowest BCUT2D eigenvalue weighted by molar-refractivity contribution is 0.0847. The molecule has 34 heavy (non-hydrogen) atoms. The second-order valence-corrected chi connectivity index (χ2v) is 16.8. The van der Waals surface area contributed by atoms with Crippen LogP contribution in [0.4, 0.5) is 10.2 Å². The Labute approximate surface area is 205 Å². The molecule has 8 nitrogen and oxygen atoms in total. The van der Waals surface area contributed by atoms with Gasteiger partial charge < -0.3 is 14.6 Å². The van der Waals surface area contributed by atoms with Crippen molar-refractivity contribution in [3.63, 3.8) is 0 Å². The molecule has 0 fully saturated rings. The Morgan fingerprint density at radius 2 is 1.97 bits per heavy atom. The predicted molar refractivity (Wildman–Crippen MR) is 134 cm³/mol. The molecule has 2 heterocycles. The number of anilines is 1. The van der Waals surface area contributed by atoms with Crippen molar-refractivity contribution in [1.29, 1.82) is 0 Å². The zero-order valence-corrected chi connectivity index (χ0v) is 22.1.